The first kappa shape index (κ1) is 19.4. The van der Waals surface area contributed by atoms with Crippen LogP contribution in [0.25, 0.3) is 11.5 Å². The molecule has 5 aliphatic rings. The number of allylic oxidation sites excluding steroid dienone is 1. The van der Waals surface area contributed by atoms with Gasteiger partial charge in [-0.25, -0.2) is 0 Å². The Hall–Kier alpha value is -2.32. The maximum absolute atomic E-state index is 13.4. The van der Waals surface area contributed by atoms with Gasteiger partial charge in [-0.05, 0) is 69.3 Å². The zero-order chi connectivity index (χ0) is 21.2. The smallest absolute Gasteiger partial charge is 0.261 e. The third-order valence-corrected chi connectivity index (χ3v) is 8.72. The Morgan fingerprint density at radius 1 is 1.23 bits per heavy atom. The van der Waals surface area contributed by atoms with Gasteiger partial charge in [-0.1, -0.05) is 5.16 Å². The van der Waals surface area contributed by atoms with E-state index in [4.69, 9.17) is 9.26 Å². The maximum Gasteiger partial charge on any atom is 0.261 e. The molecule has 1 N–H and O–H groups in total. The Labute approximate surface area is 184 Å². The molecule has 7 nitrogen and oxygen atoms in total. The van der Waals surface area contributed by atoms with E-state index in [-0.39, 0.29) is 23.2 Å². The lowest BCUT2D eigenvalue weighted by atomic mass is 9.67. The number of nitrogens with zero attached hydrogens (tertiary/aromatic N) is 2. The quantitative estimate of drug-likeness (QED) is 0.727. The van der Waals surface area contributed by atoms with Crippen LogP contribution in [-0.4, -0.2) is 35.5 Å². The van der Waals surface area contributed by atoms with Crippen molar-refractivity contribution in [2.75, 3.05) is 18.5 Å². The highest BCUT2D eigenvalue weighted by Gasteiger charge is 2.44. The fraction of sp³-hybridized carbons (Fsp3) is 0.565. The molecule has 0 radical (unpaired) electrons. The zero-order valence-electron chi connectivity index (χ0n) is 17.5. The third kappa shape index (κ3) is 3.03. The van der Waals surface area contributed by atoms with Gasteiger partial charge in [0.2, 0.25) is 0 Å². The highest BCUT2D eigenvalue weighted by Crippen LogP contribution is 2.51. The van der Waals surface area contributed by atoms with Crippen molar-refractivity contribution in [3.05, 3.63) is 27.4 Å². The SMILES string of the molecule is Cc1noc(-c2c(NC(=O)C3=C(C=O)C4CCC3CC4)sc3c2CCC2(COC2)C3)n1. The number of hydrogen-bond donors (Lipinski definition) is 1. The minimum absolute atomic E-state index is 0.144. The van der Waals surface area contributed by atoms with E-state index in [1.807, 2.05) is 0 Å². The van der Waals surface area contributed by atoms with Crippen molar-refractivity contribution in [1.29, 1.82) is 0 Å². The normalized spacial score (nSPS) is 26.0. The zero-order valence-corrected chi connectivity index (χ0v) is 18.3. The Bertz CT molecular complexity index is 1100. The Balaban J connectivity index is 1.39. The standard InChI is InChI=1S/C23H25N3O4S/c1-12-24-21(30-26-12)19-15-6-7-23(10-29-11-23)8-17(15)31-22(19)25-20(28)18-14-4-2-13(3-5-14)16(18)9-27/h9,13-14H,2-8,10-11H2,1H3,(H,25,28). The summed E-state index contributed by atoms with van der Waals surface area (Å²) in [6, 6.07) is 0. The lowest BCUT2D eigenvalue weighted by molar-refractivity contribution is -0.119. The van der Waals surface area contributed by atoms with Crippen LogP contribution in [0.4, 0.5) is 5.00 Å². The molecule has 1 saturated carbocycles. The number of hydrogen-bond acceptors (Lipinski definition) is 7. The molecule has 4 aliphatic carbocycles. The molecule has 2 aromatic heterocycles. The van der Waals surface area contributed by atoms with Crippen LogP contribution in [0.5, 0.6) is 0 Å². The van der Waals surface area contributed by atoms with Gasteiger partial charge >= 0.3 is 0 Å². The summed E-state index contributed by atoms with van der Waals surface area (Å²) < 4.78 is 11.0. The maximum atomic E-state index is 13.4. The van der Waals surface area contributed by atoms with Crippen molar-refractivity contribution in [2.24, 2.45) is 17.3 Å². The average Bonchev–Trinajstić information content (AvgIpc) is 3.34. The first-order valence-electron chi connectivity index (χ1n) is 11.1. The van der Waals surface area contributed by atoms with Crippen LogP contribution in [0.2, 0.25) is 0 Å². The topological polar surface area (TPSA) is 94.3 Å². The minimum atomic E-state index is -0.144. The van der Waals surface area contributed by atoms with Gasteiger partial charge in [-0.2, -0.15) is 4.98 Å². The summed E-state index contributed by atoms with van der Waals surface area (Å²) >= 11 is 1.61. The van der Waals surface area contributed by atoms with E-state index in [0.717, 1.165) is 75.0 Å². The lowest BCUT2D eigenvalue weighted by Gasteiger charge is -2.44. The van der Waals surface area contributed by atoms with Crippen molar-refractivity contribution >= 4 is 28.5 Å². The molecular formula is C23H25N3O4S. The van der Waals surface area contributed by atoms with Gasteiger partial charge in [0, 0.05) is 21.4 Å². The van der Waals surface area contributed by atoms with Crippen LogP contribution in [-0.2, 0) is 27.2 Å². The number of aryl methyl sites for hydroxylation is 1. The summed E-state index contributed by atoms with van der Waals surface area (Å²) in [5, 5.41) is 7.90. The van der Waals surface area contributed by atoms with E-state index >= 15 is 0 Å². The highest BCUT2D eigenvalue weighted by atomic mass is 32.1. The number of fused-ring (bicyclic) bond motifs is 3. The molecule has 0 aromatic carbocycles. The number of aromatic nitrogens is 2. The van der Waals surface area contributed by atoms with Gasteiger partial charge < -0.3 is 14.6 Å². The molecule has 1 saturated heterocycles. The molecule has 31 heavy (non-hydrogen) atoms. The lowest BCUT2D eigenvalue weighted by Crippen LogP contribution is -2.46. The summed E-state index contributed by atoms with van der Waals surface area (Å²) in [6.07, 6.45) is 7.85. The van der Waals surface area contributed by atoms with Crippen molar-refractivity contribution < 1.29 is 18.8 Å². The van der Waals surface area contributed by atoms with Gasteiger partial charge in [0.25, 0.3) is 11.8 Å². The molecule has 0 atom stereocenters. The Morgan fingerprint density at radius 2 is 2.00 bits per heavy atom. The molecule has 1 spiro atoms. The van der Waals surface area contributed by atoms with E-state index in [0.29, 0.717) is 22.9 Å². The molecule has 162 valence electrons. The monoisotopic (exact) mass is 439 g/mol. The summed E-state index contributed by atoms with van der Waals surface area (Å²) in [5.41, 5.74) is 3.70. The van der Waals surface area contributed by atoms with E-state index in [1.165, 1.54) is 10.4 Å². The molecule has 8 heteroatoms. The van der Waals surface area contributed by atoms with Crippen molar-refractivity contribution in [3.8, 4) is 11.5 Å². The molecule has 3 heterocycles. The number of carbonyl (C=O) groups is 2. The second-order valence-electron chi connectivity index (χ2n) is 9.51. The molecule has 0 unspecified atom stereocenters. The molecular weight excluding hydrogens is 414 g/mol. The van der Waals surface area contributed by atoms with Crippen LogP contribution >= 0.6 is 11.3 Å². The predicted molar refractivity (Wildman–Crippen MR) is 115 cm³/mol. The number of aldehydes is 1. The summed E-state index contributed by atoms with van der Waals surface area (Å²) in [4.78, 5) is 30.9. The van der Waals surface area contributed by atoms with E-state index in [2.05, 4.69) is 15.5 Å². The second-order valence-corrected chi connectivity index (χ2v) is 10.6. The number of rotatable bonds is 4. The molecule has 1 aliphatic heterocycles. The Morgan fingerprint density at radius 3 is 2.65 bits per heavy atom. The van der Waals surface area contributed by atoms with Crippen LogP contribution < -0.4 is 5.32 Å². The molecule has 2 fully saturated rings. The first-order valence-corrected chi connectivity index (χ1v) is 11.9. The number of carbonyl (C=O) groups excluding carboxylic acids is 2. The van der Waals surface area contributed by atoms with Crippen molar-refractivity contribution in [1.82, 2.24) is 10.1 Å². The van der Waals surface area contributed by atoms with Crippen LogP contribution in [0.1, 0.15) is 48.4 Å². The Kier molecular flexibility index (Phi) is 4.44. The van der Waals surface area contributed by atoms with Gasteiger partial charge in [0.05, 0.1) is 18.8 Å². The van der Waals surface area contributed by atoms with Crippen molar-refractivity contribution in [3.63, 3.8) is 0 Å². The van der Waals surface area contributed by atoms with E-state index < -0.39 is 0 Å². The highest BCUT2D eigenvalue weighted by molar-refractivity contribution is 7.17. The number of ether oxygens (including phenoxy) is 1. The number of nitrogens with one attached hydrogen (secondary N) is 1. The predicted octanol–water partition coefficient (Wildman–Crippen LogP) is 3.87. The first-order chi connectivity index (χ1) is 15.1. The molecule has 1 amide bonds. The van der Waals surface area contributed by atoms with E-state index in [9.17, 15) is 9.59 Å². The number of amides is 1. The fourth-order valence-corrected chi connectivity index (χ4v) is 7.29. The molecule has 7 rings (SSSR count). The van der Waals surface area contributed by atoms with Gasteiger partial charge in [-0.15, -0.1) is 11.3 Å². The van der Waals surface area contributed by atoms with Gasteiger partial charge in [0.1, 0.15) is 11.3 Å². The van der Waals surface area contributed by atoms with E-state index in [1.54, 1.807) is 18.3 Å². The molecule has 2 aromatic rings. The largest absolute Gasteiger partial charge is 0.380 e. The second kappa shape index (κ2) is 7.10. The summed E-state index contributed by atoms with van der Waals surface area (Å²) in [6.45, 7) is 3.41. The summed E-state index contributed by atoms with van der Waals surface area (Å²) in [5.74, 6) is 1.30. The van der Waals surface area contributed by atoms with Crippen LogP contribution in [0.3, 0.4) is 0 Å². The summed E-state index contributed by atoms with van der Waals surface area (Å²) in [7, 11) is 0. The van der Waals surface area contributed by atoms with Gasteiger partial charge in [-0.3, -0.25) is 9.59 Å². The fourth-order valence-electron chi connectivity index (χ4n) is 5.88. The van der Waals surface area contributed by atoms with Crippen LogP contribution in [0, 0.1) is 24.2 Å². The van der Waals surface area contributed by atoms with Crippen LogP contribution in [0.15, 0.2) is 15.7 Å². The third-order valence-electron chi connectivity index (χ3n) is 7.57. The molecule has 2 bridgehead atoms. The minimum Gasteiger partial charge on any atom is -0.380 e. The van der Waals surface area contributed by atoms with Crippen molar-refractivity contribution in [2.45, 2.75) is 51.9 Å². The van der Waals surface area contributed by atoms with Gasteiger partial charge in [0.15, 0.2) is 5.82 Å². The average molecular weight is 440 g/mol. The number of anilines is 1. The number of thiophene rings is 1.